The molecule has 4 N–H and O–H groups in total. The van der Waals surface area contributed by atoms with Gasteiger partial charge in [0.25, 0.3) is 0 Å². The highest BCUT2D eigenvalue weighted by atomic mass is 16.2. The van der Waals surface area contributed by atoms with Crippen molar-refractivity contribution in [1.82, 2.24) is 21.3 Å². The molecule has 0 radical (unpaired) electrons. The number of rotatable bonds is 4. The molecule has 1 spiro atoms. The van der Waals surface area contributed by atoms with Crippen LogP contribution in [0.5, 0.6) is 0 Å². The summed E-state index contributed by atoms with van der Waals surface area (Å²) in [5.41, 5.74) is 2.18. The Morgan fingerprint density at radius 2 is 1.54 bits per heavy atom. The SMILES string of the molecule is CC(C)C[C@@H]1NCc2ccc(cc2)CCNC(=O)[C@H](Cc2ccccc2)NC(=O)C2(CCCC2)NC1=O. The van der Waals surface area contributed by atoms with Gasteiger partial charge in [0.1, 0.15) is 11.6 Å². The third-order valence-electron chi connectivity index (χ3n) is 7.47. The highest BCUT2D eigenvalue weighted by molar-refractivity contribution is 5.96. The maximum absolute atomic E-state index is 13.8. The van der Waals surface area contributed by atoms with Crippen molar-refractivity contribution in [2.45, 2.75) is 83.0 Å². The number of benzene rings is 2. The third kappa shape index (κ3) is 7.19. The first-order valence-corrected chi connectivity index (χ1v) is 13.6. The number of carbonyl (C=O) groups excluding carboxylic acids is 3. The maximum atomic E-state index is 13.8. The zero-order valence-corrected chi connectivity index (χ0v) is 22.0. The molecule has 2 bridgehead atoms. The summed E-state index contributed by atoms with van der Waals surface area (Å²) >= 11 is 0. The zero-order valence-electron chi connectivity index (χ0n) is 22.0. The van der Waals surface area contributed by atoms with Crippen LogP contribution in [0.1, 0.15) is 62.6 Å². The first-order valence-electron chi connectivity index (χ1n) is 13.6. The fraction of sp³-hybridized carbons (Fsp3) is 0.500. The van der Waals surface area contributed by atoms with Crippen LogP contribution in [0.15, 0.2) is 54.6 Å². The number of carbonyl (C=O) groups is 3. The van der Waals surface area contributed by atoms with Crippen LogP contribution < -0.4 is 21.3 Å². The van der Waals surface area contributed by atoms with Crippen molar-refractivity contribution >= 4 is 17.7 Å². The molecular weight excluding hydrogens is 464 g/mol. The Morgan fingerprint density at radius 1 is 0.865 bits per heavy atom. The molecule has 198 valence electrons. The van der Waals surface area contributed by atoms with Crippen molar-refractivity contribution in [2.75, 3.05) is 6.54 Å². The monoisotopic (exact) mass is 504 g/mol. The van der Waals surface area contributed by atoms with Gasteiger partial charge in [0, 0.05) is 19.5 Å². The van der Waals surface area contributed by atoms with Crippen molar-refractivity contribution in [3.8, 4) is 0 Å². The van der Waals surface area contributed by atoms with Gasteiger partial charge in [-0.3, -0.25) is 14.4 Å². The number of hydrogen-bond acceptors (Lipinski definition) is 4. The van der Waals surface area contributed by atoms with Gasteiger partial charge >= 0.3 is 0 Å². The summed E-state index contributed by atoms with van der Waals surface area (Å²) in [5.74, 6) is -0.325. The van der Waals surface area contributed by atoms with Crippen molar-refractivity contribution in [1.29, 1.82) is 0 Å². The average molecular weight is 505 g/mol. The van der Waals surface area contributed by atoms with E-state index in [1.165, 1.54) is 0 Å². The molecule has 1 saturated carbocycles. The summed E-state index contributed by atoms with van der Waals surface area (Å²) in [6.45, 7) is 5.24. The number of amides is 3. The lowest BCUT2D eigenvalue weighted by atomic mass is 9.93. The lowest BCUT2D eigenvalue weighted by molar-refractivity contribution is -0.136. The van der Waals surface area contributed by atoms with E-state index < -0.39 is 17.6 Å². The molecule has 0 aromatic heterocycles. The van der Waals surface area contributed by atoms with Gasteiger partial charge < -0.3 is 21.3 Å². The third-order valence-corrected chi connectivity index (χ3v) is 7.47. The van der Waals surface area contributed by atoms with E-state index in [2.05, 4.69) is 59.4 Å². The van der Waals surface area contributed by atoms with Crippen molar-refractivity contribution < 1.29 is 14.4 Å². The number of nitrogens with one attached hydrogen (secondary N) is 4. The van der Waals surface area contributed by atoms with Gasteiger partial charge in [-0.2, -0.15) is 0 Å². The van der Waals surface area contributed by atoms with E-state index in [1.54, 1.807) is 0 Å². The summed E-state index contributed by atoms with van der Waals surface area (Å²) in [5, 5.41) is 12.6. The Morgan fingerprint density at radius 3 is 2.22 bits per heavy atom. The number of fused-ring (bicyclic) bond motifs is 12. The molecule has 0 saturated heterocycles. The van der Waals surface area contributed by atoms with Crippen LogP contribution in [-0.4, -0.2) is 41.9 Å². The van der Waals surface area contributed by atoms with Gasteiger partial charge in [-0.15, -0.1) is 0 Å². The van der Waals surface area contributed by atoms with E-state index in [9.17, 15) is 14.4 Å². The fourth-order valence-corrected chi connectivity index (χ4v) is 5.34. The minimum Gasteiger partial charge on any atom is -0.354 e. The van der Waals surface area contributed by atoms with Crippen LogP contribution in [0, 0.1) is 5.92 Å². The van der Waals surface area contributed by atoms with E-state index in [0.29, 0.717) is 51.1 Å². The van der Waals surface area contributed by atoms with E-state index in [-0.39, 0.29) is 17.7 Å². The minimum atomic E-state index is -1.00. The quantitative estimate of drug-likeness (QED) is 0.514. The second-order valence-electron chi connectivity index (χ2n) is 10.9. The number of hydrogen-bond donors (Lipinski definition) is 4. The summed E-state index contributed by atoms with van der Waals surface area (Å²) < 4.78 is 0. The Hall–Kier alpha value is -3.19. The molecule has 37 heavy (non-hydrogen) atoms. The fourth-order valence-electron chi connectivity index (χ4n) is 5.34. The first-order chi connectivity index (χ1) is 17.8. The van der Waals surface area contributed by atoms with E-state index in [1.807, 2.05) is 30.3 Å². The topological polar surface area (TPSA) is 99.3 Å². The Bertz CT molecular complexity index is 1060. The van der Waals surface area contributed by atoms with Crippen molar-refractivity contribution in [3.05, 3.63) is 71.3 Å². The van der Waals surface area contributed by atoms with Gasteiger partial charge in [0.05, 0.1) is 6.04 Å². The molecule has 7 heteroatoms. The molecule has 0 unspecified atom stereocenters. The van der Waals surface area contributed by atoms with Crippen molar-refractivity contribution in [3.63, 3.8) is 0 Å². The Labute approximate surface area is 220 Å². The average Bonchev–Trinajstić information content (AvgIpc) is 3.36. The predicted molar refractivity (Wildman–Crippen MR) is 145 cm³/mol. The predicted octanol–water partition coefficient (Wildman–Crippen LogP) is 3.02. The van der Waals surface area contributed by atoms with Gasteiger partial charge in [-0.25, -0.2) is 0 Å². The van der Waals surface area contributed by atoms with Crippen LogP contribution in [-0.2, 0) is 33.8 Å². The molecule has 3 aliphatic rings. The van der Waals surface area contributed by atoms with Crippen LogP contribution >= 0.6 is 0 Å². The van der Waals surface area contributed by atoms with E-state index in [0.717, 1.165) is 29.5 Å². The Kier molecular flexibility index (Phi) is 8.98. The maximum Gasteiger partial charge on any atom is 0.246 e. The van der Waals surface area contributed by atoms with Gasteiger partial charge in [-0.1, -0.05) is 81.3 Å². The van der Waals surface area contributed by atoms with Crippen LogP contribution in [0.25, 0.3) is 0 Å². The molecule has 3 amide bonds. The van der Waals surface area contributed by atoms with Gasteiger partial charge in [0.15, 0.2) is 0 Å². The molecule has 2 aromatic rings. The Balaban J connectivity index is 1.63. The molecule has 5 rings (SSSR count). The van der Waals surface area contributed by atoms with Crippen LogP contribution in [0.3, 0.4) is 0 Å². The first kappa shape index (κ1) is 26.9. The van der Waals surface area contributed by atoms with Gasteiger partial charge in [0.2, 0.25) is 17.7 Å². The van der Waals surface area contributed by atoms with E-state index in [4.69, 9.17) is 0 Å². The molecule has 2 aromatic carbocycles. The molecule has 2 aliphatic heterocycles. The normalized spacial score (nSPS) is 22.9. The smallest absolute Gasteiger partial charge is 0.246 e. The van der Waals surface area contributed by atoms with Crippen LogP contribution in [0.4, 0.5) is 0 Å². The zero-order chi connectivity index (χ0) is 26.3. The molecule has 7 nitrogen and oxygen atoms in total. The molecule has 2 atom stereocenters. The summed E-state index contributed by atoms with van der Waals surface area (Å²) in [7, 11) is 0. The van der Waals surface area contributed by atoms with Crippen LogP contribution in [0.2, 0.25) is 0 Å². The summed E-state index contributed by atoms with van der Waals surface area (Å²) in [6.07, 6.45) is 4.61. The largest absolute Gasteiger partial charge is 0.354 e. The standard InChI is InChI=1S/C30H40N4O3/c1-21(2)18-25-28(36)34-30(15-6-7-16-30)29(37)33-26(19-23-8-4-3-5-9-23)27(35)31-17-14-22-10-12-24(13-11-22)20-32-25/h3-5,8-13,21,25-26,32H,6-7,14-20H2,1-2H3,(H,31,35)(H,33,37)(H,34,36)/t25-,26-/m0/s1. The lowest BCUT2D eigenvalue weighted by Gasteiger charge is -2.33. The molecule has 1 fully saturated rings. The van der Waals surface area contributed by atoms with E-state index >= 15 is 0 Å². The van der Waals surface area contributed by atoms with Gasteiger partial charge in [-0.05, 0) is 48.3 Å². The summed E-state index contributed by atoms with van der Waals surface area (Å²) in [4.78, 5) is 40.6. The second kappa shape index (κ2) is 12.4. The highest BCUT2D eigenvalue weighted by Crippen LogP contribution is 2.30. The lowest BCUT2D eigenvalue weighted by Crippen LogP contribution is -2.63. The molecular formula is C30H40N4O3. The molecule has 1 aliphatic carbocycles. The van der Waals surface area contributed by atoms with Crippen molar-refractivity contribution in [2.24, 2.45) is 5.92 Å². The second-order valence-corrected chi connectivity index (χ2v) is 10.9. The minimum absolute atomic E-state index is 0.157. The highest BCUT2D eigenvalue weighted by Gasteiger charge is 2.44. The molecule has 2 heterocycles. The summed E-state index contributed by atoms with van der Waals surface area (Å²) in [6, 6.07) is 16.8.